The van der Waals surface area contributed by atoms with E-state index in [1.54, 1.807) is 49.8 Å². The largest absolute Gasteiger partial charge is 0.486 e. The lowest BCUT2D eigenvalue weighted by molar-refractivity contribution is -0.199. The number of rotatable bonds is 9. The van der Waals surface area contributed by atoms with Crippen molar-refractivity contribution < 1.29 is 37.9 Å². The Morgan fingerprint density at radius 3 is 2.35 bits per heavy atom. The van der Waals surface area contributed by atoms with Crippen molar-refractivity contribution in [3.8, 4) is 5.75 Å². The fourth-order valence-electron chi connectivity index (χ4n) is 8.35. The minimum atomic E-state index is -1.03. The van der Waals surface area contributed by atoms with Crippen LogP contribution in [0.25, 0.3) is 0 Å². The molecule has 12 nitrogen and oxygen atoms in total. The molecule has 1 aromatic heterocycles. The van der Waals surface area contributed by atoms with Crippen LogP contribution in [0.1, 0.15) is 108 Å². The molecule has 3 saturated carbocycles. The Morgan fingerprint density at radius 2 is 1.75 bits per heavy atom. The van der Waals surface area contributed by atoms with E-state index in [2.05, 4.69) is 31.1 Å². The first-order valence-electron chi connectivity index (χ1n) is 18.3. The number of esters is 1. The van der Waals surface area contributed by atoms with Crippen LogP contribution in [0.5, 0.6) is 5.75 Å². The molecule has 5 fully saturated rings. The van der Waals surface area contributed by atoms with Gasteiger partial charge in [-0.3, -0.25) is 4.79 Å². The maximum absolute atomic E-state index is 13.7. The average molecular weight is 707 g/mol. The first kappa shape index (κ1) is 37.2. The molecule has 1 aromatic carbocycles. The highest BCUT2D eigenvalue weighted by atomic mass is 16.7. The summed E-state index contributed by atoms with van der Waals surface area (Å²) in [5.41, 5.74) is 1.14. The summed E-state index contributed by atoms with van der Waals surface area (Å²) < 4.78 is 32.5. The van der Waals surface area contributed by atoms with Crippen molar-refractivity contribution in [2.24, 2.45) is 24.3 Å². The van der Waals surface area contributed by atoms with Crippen LogP contribution in [0.4, 0.5) is 4.79 Å². The number of likely N-dealkylation sites (tertiary alicyclic amines) is 1. The molecule has 2 amide bonds. The summed E-state index contributed by atoms with van der Waals surface area (Å²) in [7, 11) is 1.49. The summed E-state index contributed by atoms with van der Waals surface area (Å²) in [6.07, 6.45) is 5.88. The molecule has 7 rings (SSSR count). The van der Waals surface area contributed by atoms with Gasteiger partial charge in [-0.05, 0) is 115 Å². The van der Waals surface area contributed by atoms with Crippen LogP contribution in [-0.4, -0.2) is 81.6 Å². The first-order chi connectivity index (χ1) is 23.6. The molecule has 5 atom stereocenters. The Labute approximate surface area is 302 Å². The Balaban J connectivity index is 1.13. The number of imidazole rings is 1. The molecule has 2 bridgehead atoms. The second-order valence-electron chi connectivity index (χ2n) is 17.7. The normalized spacial score (nSPS) is 26.1. The Hall–Kier alpha value is -3.58. The fourth-order valence-corrected chi connectivity index (χ4v) is 8.35. The van der Waals surface area contributed by atoms with Crippen molar-refractivity contribution in [1.82, 2.24) is 19.8 Å². The van der Waals surface area contributed by atoms with Gasteiger partial charge in [-0.2, -0.15) is 0 Å². The van der Waals surface area contributed by atoms with Crippen LogP contribution in [-0.2, 0) is 37.0 Å². The lowest BCUT2D eigenvalue weighted by Crippen LogP contribution is -2.65. The molecular formula is C38H55BN4O8. The zero-order chi connectivity index (χ0) is 37.3. The predicted octanol–water partition coefficient (Wildman–Crippen LogP) is 5.81. The highest BCUT2D eigenvalue weighted by Gasteiger charge is 2.67. The van der Waals surface area contributed by atoms with Crippen LogP contribution in [0.15, 0.2) is 24.7 Å². The third kappa shape index (κ3) is 7.51. The van der Waals surface area contributed by atoms with Crippen LogP contribution < -0.4 is 10.1 Å². The molecule has 1 N–H and O–H groups in total. The molecule has 13 heteroatoms. The number of nitrogens with zero attached hydrogens (tertiary/aromatic N) is 3. The number of aromatic nitrogens is 2. The number of amides is 2. The molecule has 1 unspecified atom stereocenters. The van der Waals surface area contributed by atoms with Gasteiger partial charge in [-0.15, -0.1) is 0 Å². The lowest BCUT2D eigenvalue weighted by Gasteiger charge is -2.64. The summed E-state index contributed by atoms with van der Waals surface area (Å²) >= 11 is 0. The van der Waals surface area contributed by atoms with Gasteiger partial charge in [-0.1, -0.05) is 19.9 Å². The second kappa shape index (κ2) is 13.1. The molecular weight excluding hydrogens is 651 g/mol. The van der Waals surface area contributed by atoms with Gasteiger partial charge in [0.05, 0.1) is 36.8 Å². The molecule has 2 aromatic rings. The number of nitrogens with one attached hydrogen (secondary N) is 1. The van der Waals surface area contributed by atoms with Crippen molar-refractivity contribution in [2.45, 2.75) is 130 Å². The summed E-state index contributed by atoms with van der Waals surface area (Å²) in [5, 5.41) is 2.68. The van der Waals surface area contributed by atoms with E-state index >= 15 is 0 Å². The van der Waals surface area contributed by atoms with E-state index in [-0.39, 0.29) is 49.3 Å². The fraction of sp³-hybridized carbons (Fsp3) is 0.684. The summed E-state index contributed by atoms with van der Waals surface area (Å²) in [5.74, 6) is 0.797. The van der Waals surface area contributed by atoms with Crippen LogP contribution >= 0.6 is 0 Å². The van der Waals surface area contributed by atoms with Crippen molar-refractivity contribution >= 4 is 25.1 Å². The molecule has 278 valence electrons. The molecule has 2 saturated heterocycles. The minimum absolute atomic E-state index is 0.120. The van der Waals surface area contributed by atoms with E-state index in [1.165, 1.54) is 6.42 Å². The van der Waals surface area contributed by atoms with Crippen molar-refractivity contribution in [3.05, 3.63) is 47.0 Å². The molecule has 0 radical (unpaired) electrons. The minimum Gasteiger partial charge on any atom is -0.486 e. The van der Waals surface area contributed by atoms with Crippen molar-refractivity contribution in [3.63, 3.8) is 0 Å². The standard InChI is InChI=1S/C38H55BN4O8/c1-22-23(14-15-39-50-29-17-24-16-28(37(24,8)9)38(29,10)51-39)12-13-27(30(22)33(45)48-35(2,3)4)47-25-18-43(19-25)32(44)31(26-20-42(11)21-40-26)41-34(46)49-36(5,6)7/h12-13,20-21,24-25,28-29,31H,14-19H2,1-11H3,(H,41,46)/t24-,28-,29+,31?,38-/m0/s1. The first-order valence-corrected chi connectivity index (χ1v) is 18.3. The van der Waals surface area contributed by atoms with Gasteiger partial charge in [0.1, 0.15) is 28.6 Å². The van der Waals surface area contributed by atoms with Gasteiger partial charge in [-0.25, -0.2) is 14.6 Å². The molecule has 2 aliphatic heterocycles. The number of alkyl carbamates (subject to hydrolysis) is 1. The number of hydrogen-bond donors (Lipinski definition) is 1. The van der Waals surface area contributed by atoms with E-state index < -0.39 is 29.3 Å². The molecule has 3 heterocycles. The molecule has 5 aliphatic rings. The topological polar surface area (TPSA) is 130 Å². The van der Waals surface area contributed by atoms with Crippen LogP contribution in [0.3, 0.4) is 0 Å². The zero-order valence-electron chi connectivity index (χ0n) is 32.1. The number of aryl methyl sites for hydroxylation is 2. The van der Waals surface area contributed by atoms with Crippen LogP contribution in [0, 0.1) is 24.2 Å². The Kier molecular flexibility index (Phi) is 9.57. The quantitative estimate of drug-likeness (QED) is 0.254. The monoisotopic (exact) mass is 706 g/mol. The Morgan fingerprint density at radius 1 is 1.06 bits per heavy atom. The van der Waals surface area contributed by atoms with Gasteiger partial charge in [0.25, 0.3) is 5.91 Å². The van der Waals surface area contributed by atoms with E-state index in [1.807, 2.05) is 39.8 Å². The number of ether oxygens (including phenoxy) is 3. The molecule has 51 heavy (non-hydrogen) atoms. The number of hydrogen-bond acceptors (Lipinski definition) is 9. The number of carbonyl (C=O) groups excluding carboxylic acids is 3. The summed E-state index contributed by atoms with van der Waals surface area (Å²) in [6, 6.07) is 2.78. The maximum atomic E-state index is 13.7. The van der Waals surface area contributed by atoms with E-state index in [0.29, 0.717) is 41.6 Å². The van der Waals surface area contributed by atoms with Gasteiger partial charge >= 0.3 is 19.2 Å². The van der Waals surface area contributed by atoms with Crippen molar-refractivity contribution in [1.29, 1.82) is 0 Å². The van der Waals surface area contributed by atoms with E-state index in [0.717, 1.165) is 17.5 Å². The number of carbonyl (C=O) groups is 3. The van der Waals surface area contributed by atoms with E-state index in [4.69, 9.17) is 23.5 Å². The third-order valence-corrected chi connectivity index (χ3v) is 11.2. The van der Waals surface area contributed by atoms with Gasteiger partial charge in [0.2, 0.25) is 0 Å². The zero-order valence-corrected chi connectivity index (χ0v) is 32.1. The van der Waals surface area contributed by atoms with Gasteiger partial charge in [0.15, 0.2) is 6.04 Å². The smallest absolute Gasteiger partial charge is 0.457 e. The third-order valence-electron chi connectivity index (χ3n) is 11.2. The lowest BCUT2D eigenvalue weighted by atomic mass is 9.43. The summed E-state index contributed by atoms with van der Waals surface area (Å²) in [6.45, 7) is 20.2. The maximum Gasteiger partial charge on any atom is 0.457 e. The summed E-state index contributed by atoms with van der Waals surface area (Å²) in [4.78, 5) is 45.9. The highest BCUT2D eigenvalue weighted by Crippen LogP contribution is 2.65. The van der Waals surface area contributed by atoms with Gasteiger partial charge < -0.3 is 38.3 Å². The van der Waals surface area contributed by atoms with Crippen molar-refractivity contribution in [2.75, 3.05) is 13.1 Å². The second-order valence-corrected chi connectivity index (χ2v) is 17.7. The molecule has 3 aliphatic carbocycles. The molecule has 0 spiro atoms. The van der Waals surface area contributed by atoms with Crippen LogP contribution in [0.2, 0.25) is 6.32 Å². The van der Waals surface area contributed by atoms with E-state index in [9.17, 15) is 14.4 Å². The average Bonchev–Trinajstić information content (AvgIpc) is 3.56. The van der Waals surface area contributed by atoms with Gasteiger partial charge in [0, 0.05) is 13.2 Å². The SMILES string of the molecule is Cc1c(CCB2O[C@@H]3C[C@@H]4C[C@@H](C4(C)C)[C@]3(C)O2)ccc(OC2CN(C(=O)C(NC(=O)OC(C)(C)C)c3cn(C)cn3)C2)c1C(=O)OC(C)(C)C. The number of benzene rings is 1. The highest BCUT2D eigenvalue weighted by molar-refractivity contribution is 6.45. The predicted molar refractivity (Wildman–Crippen MR) is 191 cm³/mol. The Bertz CT molecular complexity index is 1670.